The summed E-state index contributed by atoms with van der Waals surface area (Å²) in [6.07, 6.45) is 5.47. The Kier molecular flexibility index (Phi) is 3.04. The molecule has 0 saturated heterocycles. The third-order valence-electron chi connectivity index (χ3n) is 4.25. The van der Waals surface area contributed by atoms with E-state index in [0.29, 0.717) is 6.42 Å². The van der Waals surface area contributed by atoms with Crippen molar-refractivity contribution in [3.63, 3.8) is 0 Å². The first kappa shape index (κ1) is 13.2. The van der Waals surface area contributed by atoms with Gasteiger partial charge in [-0.2, -0.15) is 5.10 Å². The summed E-state index contributed by atoms with van der Waals surface area (Å²) in [5, 5.41) is 18.7. The predicted octanol–water partition coefficient (Wildman–Crippen LogP) is 1.92. The van der Waals surface area contributed by atoms with Gasteiger partial charge >= 0.3 is 0 Å². The molecule has 4 rings (SSSR count). The van der Waals surface area contributed by atoms with E-state index in [-0.39, 0.29) is 18.2 Å². The highest BCUT2D eigenvalue weighted by molar-refractivity contribution is 5.89. The van der Waals surface area contributed by atoms with Gasteiger partial charge in [-0.15, -0.1) is 0 Å². The molecule has 1 saturated carbocycles. The summed E-state index contributed by atoms with van der Waals surface area (Å²) in [7, 11) is 0. The van der Waals surface area contributed by atoms with Crippen LogP contribution in [0.15, 0.2) is 43.0 Å². The van der Waals surface area contributed by atoms with E-state index in [2.05, 4.69) is 33.4 Å². The van der Waals surface area contributed by atoms with Crippen molar-refractivity contribution in [2.24, 2.45) is 0 Å². The average molecular weight is 295 g/mol. The Labute approximate surface area is 127 Å². The number of aliphatic hydroxyl groups is 1. The number of anilines is 1. The number of aryl methyl sites for hydroxylation is 1. The third-order valence-corrected chi connectivity index (χ3v) is 4.25. The predicted molar refractivity (Wildman–Crippen MR) is 83.6 cm³/mol. The summed E-state index contributed by atoms with van der Waals surface area (Å²) in [5.74, 6) is 0.808. The molecule has 0 spiro atoms. The van der Waals surface area contributed by atoms with Crippen LogP contribution in [0.25, 0.3) is 10.9 Å². The number of hydrogen-bond donors (Lipinski definition) is 2. The second-order valence-electron chi connectivity index (χ2n) is 5.77. The van der Waals surface area contributed by atoms with Crippen molar-refractivity contribution in [3.05, 3.63) is 48.5 Å². The molecule has 6 nitrogen and oxygen atoms in total. The van der Waals surface area contributed by atoms with Gasteiger partial charge in [0.25, 0.3) is 0 Å². The van der Waals surface area contributed by atoms with Crippen LogP contribution in [-0.4, -0.2) is 37.0 Å². The Morgan fingerprint density at radius 3 is 3.00 bits per heavy atom. The number of nitrogens with zero attached hydrogens (tertiary/aromatic N) is 4. The molecule has 0 amide bonds. The van der Waals surface area contributed by atoms with Crippen LogP contribution in [0.5, 0.6) is 0 Å². The van der Waals surface area contributed by atoms with Crippen LogP contribution in [0.3, 0.4) is 0 Å². The first-order valence-corrected chi connectivity index (χ1v) is 7.37. The highest BCUT2D eigenvalue weighted by Gasteiger charge is 2.42. The molecule has 3 atom stereocenters. The van der Waals surface area contributed by atoms with E-state index in [0.717, 1.165) is 16.7 Å². The zero-order valence-electron chi connectivity index (χ0n) is 12.2. The van der Waals surface area contributed by atoms with E-state index in [9.17, 15) is 5.11 Å². The molecule has 0 radical (unpaired) electrons. The van der Waals surface area contributed by atoms with Gasteiger partial charge < -0.3 is 10.4 Å². The van der Waals surface area contributed by atoms with E-state index in [1.54, 1.807) is 17.2 Å². The van der Waals surface area contributed by atoms with Crippen LogP contribution in [0.4, 0.5) is 5.82 Å². The Bertz CT molecular complexity index is 801. The number of rotatable bonds is 3. The second kappa shape index (κ2) is 5.06. The van der Waals surface area contributed by atoms with Gasteiger partial charge in [-0.3, -0.25) is 4.68 Å². The molecule has 1 aliphatic rings. The molecule has 2 heterocycles. The highest BCUT2D eigenvalue weighted by Crippen LogP contribution is 2.35. The van der Waals surface area contributed by atoms with Crippen molar-refractivity contribution >= 4 is 16.7 Å². The summed E-state index contributed by atoms with van der Waals surface area (Å²) in [6, 6.07) is 8.02. The van der Waals surface area contributed by atoms with Gasteiger partial charge in [-0.1, -0.05) is 11.6 Å². The van der Waals surface area contributed by atoms with E-state index in [1.165, 1.54) is 5.56 Å². The number of aromatic nitrogens is 4. The fourth-order valence-corrected chi connectivity index (χ4v) is 3.03. The maximum absolute atomic E-state index is 10.1. The molecule has 3 aromatic rings. The topological polar surface area (TPSA) is 75.9 Å². The zero-order valence-corrected chi connectivity index (χ0v) is 12.2. The fraction of sp³-hybridized carbons (Fsp3) is 0.312. The first-order valence-electron chi connectivity index (χ1n) is 7.37. The van der Waals surface area contributed by atoms with Crippen LogP contribution >= 0.6 is 0 Å². The van der Waals surface area contributed by atoms with E-state index in [4.69, 9.17) is 0 Å². The maximum atomic E-state index is 10.1. The van der Waals surface area contributed by atoms with Crippen LogP contribution in [-0.2, 0) is 0 Å². The van der Waals surface area contributed by atoms with Gasteiger partial charge in [0.1, 0.15) is 12.1 Å². The summed E-state index contributed by atoms with van der Waals surface area (Å²) >= 11 is 0. The summed E-state index contributed by atoms with van der Waals surface area (Å²) in [5.41, 5.74) is 2.08. The molecule has 2 N–H and O–H groups in total. The number of nitrogens with one attached hydrogen (secondary N) is 1. The lowest BCUT2D eigenvalue weighted by atomic mass is 9.83. The van der Waals surface area contributed by atoms with Crippen LogP contribution < -0.4 is 5.32 Å². The Hall–Kier alpha value is -2.47. The van der Waals surface area contributed by atoms with E-state index < -0.39 is 0 Å². The van der Waals surface area contributed by atoms with Crippen molar-refractivity contribution in [3.8, 4) is 0 Å². The van der Waals surface area contributed by atoms with Crippen molar-refractivity contribution < 1.29 is 5.11 Å². The van der Waals surface area contributed by atoms with Crippen molar-refractivity contribution in [1.82, 2.24) is 19.7 Å². The monoisotopic (exact) mass is 295 g/mol. The smallest absolute Gasteiger partial charge is 0.137 e. The zero-order chi connectivity index (χ0) is 15.1. The highest BCUT2D eigenvalue weighted by atomic mass is 16.3. The van der Waals surface area contributed by atoms with Crippen LogP contribution in [0.1, 0.15) is 18.0 Å². The molecule has 0 bridgehead atoms. The minimum Gasteiger partial charge on any atom is -0.391 e. The van der Waals surface area contributed by atoms with Crippen LogP contribution in [0, 0.1) is 6.92 Å². The van der Waals surface area contributed by atoms with Crippen molar-refractivity contribution in [1.29, 1.82) is 0 Å². The van der Waals surface area contributed by atoms with Gasteiger partial charge in [0.2, 0.25) is 0 Å². The Morgan fingerprint density at radius 1 is 1.32 bits per heavy atom. The maximum Gasteiger partial charge on any atom is 0.137 e. The van der Waals surface area contributed by atoms with Crippen LogP contribution in [0.2, 0.25) is 0 Å². The normalized spacial score (nSPS) is 24.2. The quantitative estimate of drug-likeness (QED) is 0.772. The summed E-state index contributed by atoms with van der Waals surface area (Å²) < 4.78 is 1.81. The minimum absolute atomic E-state index is 0.0650. The molecule has 1 aliphatic carbocycles. The number of aliphatic hydroxyl groups excluding tert-OH is 1. The van der Waals surface area contributed by atoms with Gasteiger partial charge in [0.15, 0.2) is 0 Å². The molecule has 0 aliphatic heterocycles. The lowest BCUT2D eigenvalue weighted by molar-refractivity contribution is 0.0133. The standard InChI is InChI=1S/C16H17N5O/c1-10-3-4-12-11(7-10)16(18-9-17-12)20-13-8-14(22)15(13)21-6-2-5-19-21/h2-7,9,13-15,22H,8H2,1H3,(H,17,18,20)/t13-,14+,15+/m0/s1. The molecule has 0 unspecified atom stereocenters. The van der Waals surface area contributed by atoms with Gasteiger partial charge in [-0.25, -0.2) is 9.97 Å². The molecule has 1 aromatic carbocycles. The fourth-order valence-electron chi connectivity index (χ4n) is 3.03. The van der Waals surface area contributed by atoms with Crippen molar-refractivity contribution in [2.45, 2.75) is 31.5 Å². The molecule has 1 fully saturated rings. The lowest BCUT2D eigenvalue weighted by Crippen LogP contribution is -2.51. The summed E-state index contributed by atoms with van der Waals surface area (Å²) in [4.78, 5) is 8.68. The third kappa shape index (κ3) is 2.12. The van der Waals surface area contributed by atoms with Gasteiger partial charge in [-0.05, 0) is 31.5 Å². The minimum atomic E-state index is -0.382. The summed E-state index contributed by atoms with van der Waals surface area (Å²) in [6.45, 7) is 2.05. The number of hydrogen-bond acceptors (Lipinski definition) is 5. The van der Waals surface area contributed by atoms with E-state index >= 15 is 0 Å². The average Bonchev–Trinajstić information content (AvgIpc) is 3.00. The molecular weight excluding hydrogens is 278 g/mol. The molecule has 2 aromatic heterocycles. The number of fused-ring (bicyclic) bond motifs is 1. The Balaban J connectivity index is 1.65. The SMILES string of the molecule is Cc1ccc2ncnc(N[C@H]3C[C@@H](O)[C@@H]3n3cccn3)c2c1. The lowest BCUT2D eigenvalue weighted by Gasteiger charge is -2.42. The van der Waals surface area contributed by atoms with Crippen molar-refractivity contribution in [2.75, 3.05) is 5.32 Å². The molecule has 22 heavy (non-hydrogen) atoms. The number of benzene rings is 1. The largest absolute Gasteiger partial charge is 0.391 e. The van der Waals surface area contributed by atoms with Gasteiger partial charge in [0, 0.05) is 17.8 Å². The molecule has 112 valence electrons. The Morgan fingerprint density at radius 2 is 2.23 bits per heavy atom. The van der Waals surface area contributed by atoms with E-state index in [1.807, 2.05) is 24.4 Å². The second-order valence-corrected chi connectivity index (χ2v) is 5.77. The molecular formula is C16H17N5O. The first-order chi connectivity index (χ1) is 10.7. The van der Waals surface area contributed by atoms with Gasteiger partial charge in [0.05, 0.1) is 23.7 Å². The molecule has 6 heteroatoms.